The molecule has 1 aromatic rings. The van der Waals surface area contributed by atoms with Crippen LogP contribution in [0.1, 0.15) is 12.0 Å². The highest BCUT2D eigenvalue weighted by molar-refractivity contribution is 8.13. The molecule has 1 fully saturated rings. The number of amidine groups is 1. The Morgan fingerprint density at radius 3 is 2.96 bits per heavy atom. The Hall–Kier alpha value is -2.14. The number of carbonyl (C=O) groups is 1. The number of hydrogen-bond donors (Lipinski definition) is 3. The van der Waals surface area contributed by atoms with Crippen molar-refractivity contribution in [2.75, 3.05) is 24.7 Å². The summed E-state index contributed by atoms with van der Waals surface area (Å²) in [6.45, 7) is 0.447. The standard InChI is InChI=1S/C15H16F3N3O4S/c16-15(17,18)25-11-2-1-9(19)5-10(11)14-7-24-4-3-8(14)6-26-12(21-14)20-13(22)23/h1-2,5,8H,3-4,6-7,19H2,(H,20,21)(H,22,23). The highest BCUT2D eigenvalue weighted by atomic mass is 32.2. The van der Waals surface area contributed by atoms with E-state index >= 15 is 0 Å². The van der Waals surface area contributed by atoms with E-state index in [4.69, 9.17) is 15.6 Å². The molecule has 1 aromatic carbocycles. The third-order valence-electron chi connectivity index (χ3n) is 4.24. The van der Waals surface area contributed by atoms with Crippen molar-refractivity contribution in [3.8, 4) is 5.75 Å². The number of fused-ring (bicyclic) bond motifs is 1. The van der Waals surface area contributed by atoms with Gasteiger partial charge in [-0.2, -0.15) is 0 Å². The molecule has 0 bridgehead atoms. The predicted molar refractivity (Wildman–Crippen MR) is 89.2 cm³/mol. The van der Waals surface area contributed by atoms with Crippen molar-refractivity contribution in [2.24, 2.45) is 10.9 Å². The van der Waals surface area contributed by atoms with Crippen molar-refractivity contribution in [2.45, 2.75) is 18.3 Å². The molecule has 0 spiro atoms. The Morgan fingerprint density at radius 1 is 1.50 bits per heavy atom. The second kappa shape index (κ2) is 6.88. The summed E-state index contributed by atoms with van der Waals surface area (Å²) in [4.78, 5) is 15.4. The first-order valence-electron chi connectivity index (χ1n) is 7.66. The lowest BCUT2D eigenvalue weighted by Crippen LogP contribution is -2.49. The van der Waals surface area contributed by atoms with Crippen LogP contribution in [0, 0.1) is 5.92 Å². The van der Waals surface area contributed by atoms with Gasteiger partial charge < -0.3 is 20.3 Å². The topological polar surface area (TPSA) is 106 Å². The van der Waals surface area contributed by atoms with Crippen LogP contribution >= 0.6 is 11.8 Å². The number of alkyl halides is 3. The average molecular weight is 391 g/mol. The molecule has 0 aliphatic carbocycles. The number of nitrogens with two attached hydrogens (primary N) is 1. The fourth-order valence-corrected chi connectivity index (χ4v) is 4.35. The molecule has 2 heterocycles. The van der Waals surface area contributed by atoms with Crippen molar-refractivity contribution in [1.29, 1.82) is 0 Å². The molecular formula is C15H16F3N3O4S. The van der Waals surface area contributed by atoms with Gasteiger partial charge in [0.25, 0.3) is 0 Å². The third-order valence-corrected chi connectivity index (χ3v) is 5.28. The van der Waals surface area contributed by atoms with E-state index in [2.05, 4.69) is 15.0 Å². The van der Waals surface area contributed by atoms with Crippen molar-refractivity contribution in [3.63, 3.8) is 0 Å². The molecule has 2 aliphatic rings. The van der Waals surface area contributed by atoms with E-state index in [1.54, 1.807) is 0 Å². The van der Waals surface area contributed by atoms with Gasteiger partial charge in [-0.1, -0.05) is 11.8 Å². The lowest BCUT2D eigenvalue weighted by atomic mass is 9.76. The first-order valence-corrected chi connectivity index (χ1v) is 8.64. The summed E-state index contributed by atoms with van der Waals surface area (Å²) in [7, 11) is 0. The summed E-state index contributed by atoms with van der Waals surface area (Å²) in [5.74, 6) is -0.103. The summed E-state index contributed by atoms with van der Waals surface area (Å²) >= 11 is 1.20. The maximum Gasteiger partial charge on any atom is 0.573 e. The second-order valence-corrected chi connectivity index (χ2v) is 6.93. The molecule has 142 valence electrons. The van der Waals surface area contributed by atoms with Gasteiger partial charge in [0.15, 0.2) is 5.17 Å². The van der Waals surface area contributed by atoms with E-state index in [-0.39, 0.29) is 28.9 Å². The highest BCUT2D eigenvalue weighted by Crippen LogP contribution is 2.48. The molecule has 3 rings (SSSR count). The SMILES string of the molecule is Nc1ccc(OC(F)(F)F)c(C23COCCC2CSC(NC(=O)O)=N3)c1. The molecule has 2 aliphatic heterocycles. The quantitative estimate of drug-likeness (QED) is 0.670. The van der Waals surface area contributed by atoms with Crippen LogP contribution in [0.3, 0.4) is 0 Å². The minimum absolute atomic E-state index is 0.000691. The number of nitrogen functional groups attached to an aromatic ring is 1. The summed E-state index contributed by atoms with van der Waals surface area (Å²) < 4.78 is 48.2. The Labute approximate surface area is 150 Å². The molecule has 0 aromatic heterocycles. The summed E-state index contributed by atoms with van der Waals surface area (Å²) in [6.07, 6.45) is -5.63. The van der Waals surface area contributed by atoms with Gasteiger partial charge in [0.1, 0.15) is 11.3 Å². The van der Waals surface area contributed by atoms with Gasteiger partial charge in [0.2, 0.25) is 0 Å². The van der Waals surface area contributed by atoms with Crippen molar-refractivity contribution in [3.05, 3.63) is 23.8 Å². The molecule has 2 unspecified atom stereocenters. The second-order valence-electron chi connectivity index (χ2n) is 5.92. The monoisotopic (exact) mass is 391 g/mol. The molecule has 4 N–H and O–H groups in total. The molecule has 26 heavy (non-hydrogen) atoms. The van der Waals surface area contributed by atoms with Crippen LogP contribution in [-0.2, 0) is 10.3 Å². The van der Waals surface area contributed by atoms with Gasteiger partial charge in [0, 0.05) is 29.5 Å². The van der Waals surface area contributed by atoms with Crippen LogP contribution in [0.2, 0.25) is 0 Å². The van der Waals surface area contributed by atoms with Gasteiger partial charge in [-0.3, -0.25) is 5.32 Å². The molecule has 2 atom stereocenters. The van der Waals surface area contributed by atoms with Crippen LogP contribution in [0.15, 0.2) is 23.2 Å². The molecule has 7 nitrogen and oxygen atoms in total. The molecular weight excluding hydrogens is 375 g/mol. The fraction of sp³-hybridized carbons (Fsp3) is 0.467. The number of thioether (sulfide) groups is 1. The largest absolute Gasteiger partial charge is 0.573 e. The Balaban J connectivity index is 2.13. The first-order chi connectivity index (χ1) is 12.2. The number of nitrogens with one attached hydrogen (secondary N) is 1. The summed E-state index contributed by atoms with van der Waals surface area (Å²) in [5, 5.41) is 11.2. The zero-order valence-electron chi connectivity index (χ0n) is 13.4. The van der Waals surface area contributed by atoms with Crippen LogP contribution in [0.4, 0.5) is 23.7 Å². The first kappa shape index (κ1) is 18.6. The summed E-state index contributed by atoms with van der Waals surface area (Å²) in [6, 6.07) is 3.82. The van der Waals surface area contributed by atoms with Crippen molar-refractivity contribution in [1.82, 2.24) is 5.32 Å². The van der Waals surface area contributed by atoms with Gasteiger partial charge in [-0.05, 0) is 24.6 Å². The number of carboxylic acid groups (broad SMARTS) is 1. The number of halogens is 3. The number of amides is 1. The number of hydrogen-bond acceptors (Lipinski definition) is 6. The zero-order chi connectivity index (χ0) is 18.9. The number of benzene rings is 1. The van der Waals surface area contributed by atoms with E-state index in [0.717, 1.165) is 6.07 Å². The lowest BCUT2D eigenvalue weighted by molar-refractivity contribution is -0.275. The van der Waals surface area contributed by atoms with Crippen LogP contribution < -0.4 is 15.8 Å². The molecule has 0 saturated carbocycles. The van der Waals surface area contributed by atoms with Gasteiger partial charge in [-0.25, -0.2) is 9.79 Å². The lowest BCUT2D eigenvalue weighted by Gasteiger charge is -2.44. The number of rotatable bonds is 2. The van der Waals surface area contributed by atoms with Gasteiger partial charge in [0.05, 0.1) is 6.61 Å². The van der Waals surface area contributed by atoms with E-state index in [9.17, 15) is 18.0 Å². The van der Waals surface area contributed by atoms with Gasteiger partial charge in [-0.15, -0.1) is 13.2 Å². The Kier molecular flexibility index (Phi) is 4.93. The third kappa shape index (κ3) is 3.83. The Morgan fingerprint density at radius 2 is 2.27 bits per heavy atom. The maximum absolute atomic E-state index is 12.8. The minimum atomic E-state index is -4.89. The van der Waals surface area contributed by atoms with Crippen LogP contribution in [-0.4, -0.2) is 41.7 Å². The predicted octanol–water partition coefficient (Wildman–Crippen LogP) is 2.77. The molecule has 0 radical (unpaired) electrons. The number of ether oxygens (including phenoxy) is 2. The van der Waals surface area contributed by atoms with E-state index in [1.165, 1.54) is 23.9 Å². The van der Waals surface area contributed by atoms with Crippen LogP contribution in [0.5, 0.6) is 5.75 Å². The average Bonchev–Trinajstić information content (AvgIpc) is 2.54. The van der Waals surface area contributed by atoms with Gasteiger partial charge >= 0.3 is 12.5 Å². The van der Waals surface area contributed by atoms with Crippen LogP contribution in [0.25, 0.3) is 0 Å². The van der Waals surface area contributed by atoms with Crippen molar-refractivity contribution >= 4 is 28.7 Å². The Bertz CT molecular complexity index is 743. The smallest absolute Gasteiger partial charge is 0.465 e. The minimum Gasteiger partial charge on any atom is -0.465 e. The van der Waals surface area contributed by atoms with E-state index in [1.807, 2.05) is 0 Å². The molecule has 1 saturated heterocycles. The van der Waals surface area contributed by atoms with Crippen molar-refractivity contribution < 1.29 is 32.5 Å². The van der Waals surface area contributed by atoms with E-state index < -0.39 is 23.7 Å². The molecule has 1 amide bonds. The molecule has 11 heteroatoms. The zero-order valence-corrected chi connectivity index (χ0v) is 14.2. The maximum atomic E-state index is 12.8. The normalized spacial score (nSPS) is 25.8. The number of aliphatic imine (C=N–C) groups is 1. The summed E-state index contributed by atoms with van der Waals surface area (Å²) in [5.41, 5.74) is 4.95. The number of nitrogens with zero attached hydrogens (tertiary/aromatic N) is 1. The fourth-order valence-electron chi connectivity index (χ4n) is 3.16. The number of anilines is 1. The highest BCUT2D eigenvalue weighted by Gasteiger charge is 2.48. The van der Waals surface area contributed by atoms with E-state index in [0.29, 0.717) is 18.8 Å².